The minimum atomic E-state index is 0.832. The average Bonchev–Trinajstić information content (AvgIpc) is 2.47. The smallest absolute Gasteiger partial charge is 0.132 e. The van der Waals surface area contributed by atoms with Gasteiger partial charge in [0.25, 0.3) is 0 Å². The second kappa shape index (κ2) is 2.97. The maximum atomic E-state index is 4.25. The molecular formula is C9H10N4. The summed E-state index contributed by atoms with van der Waals surface area (Å²) in [5.74, 6) is 0. The van der Waals surface area contributed by atoms with Gasteiger partial charge < -0.3 is 0 Å². The fourth-order valence-corrected chi connectivity index (χ4v) is 1.27. The largest absolute Gasteiger partial charge is 0.262 e. The molecule has 2 aromatic heterocycles. The minimum absolute atomic E-state index is 0.832. The van der Waals surface area contributed by atoms with E-state index in [-0.39, 0.29) is 0 Å². The molecule has 0 saturated heterocycles. The van der Waals surface area contributed by atoms with E-state index in [0.29, 0.717) is 0 Å². The summed E-state index contributed by atoms with van der Waals surface area (Å²) in [6.07, 6.45) is 7.45. The predicted octanol–water partition coefficient (Wildman–Crippen LogP) is 1.40. The quantitative estimate of drug-likeness (QED) is 0.656. The van der Waals surface area contributed by atoms with E-state index in [0.717, 1.165) is 16.6 Å². The van der Waals surface area contributed by atoms with Crippen LogP contribution in [0.1, 0.15) is 12.5 Å². The standard InChI is InChI=1S/C9H10N4/c1-3-4-7-5-10-6-8-9(7)12-13(2)11-8/h3-6H,1-2H3. The van der Waals surface area contributed by atoms with E-state index < -0.39 is 0 Å². The van der Waals surface area contributed by atoms with Crippen molar-refractivity contribution in [3.05, 3.63) is 24.0 Å². The SMILES string of the molecule is CC=Cc1cncc2nn(C)nc12. The summed E-state index contributed by atoms with van der Waals surface area (Å²) in [5, 5.41) is 8.41. The van der Waals surface area contributed by atoms with Gasteiger partial charge in [0.15, 0.2) is 0 Å². The third kappa shape index (κ3) is 1.30. The lowest BCUT2D eigenvalue weighted by Crippen LogP contribution is -1.90. The molecule has 2 heterocycles. The molecular weight excluding hydrogens is 164 g/mol. The van der Waals surface area contributed by atoms with Crippen molar-refractivity contribution in [2.45, 2.75) is 6.92 Å². The molecule has 2 rings (SSSR count). The molecule has 13 heavy (non-hydrogen) atoms. The van der Waals surface area contributed by atoms with Gasteiger partial charge in [-0.2, -0.15) is 15.0 Å². The van der Waals surface area contributed by atoms with Crippen LogP contribution in [0.15, 0.2) is 18.5 Å². The monoisotopic (exact) mass is 174 g/mol. The van der Waals surface area contributed by atoms with E-state index >= 15 is 0 Å². The summed E-state index contributed by atoms with van der Waals surface area (Å²) in [6, 6.07) is 0. The van der Waals surface area contributed by atoms with Crippen LogP contribution in [-0.4, -0.2) is 20.0 Å². The molecule has 4 nitrogen and oxygen atoms in total. The first kappa shape index (κ1) is 7.91. The van der Waals surface area contributed by atoms with E-state index in [1.54, 1.807) is 24.2 Å². The second-order valence-corrected chi connectivity index (χ2v) is 2.79. The Hall–Kier alpha value is -1.71. The molecule has 66 valence electrons. The molecule has 0 bridgehead atoms. The first-order valence-electron chi connectivity index (χ1n) is 4.09. The molecule has 0 amide bonds. The molecule has 0 radical (unpaired) electrons. The fraction of sp³-hybridized carbons (Fsp3) is 0.222. The average molecular weight is 174 g/mol. The molecule has 0 aliphatic rings. The number of hydrogen-bond acceptors (Lipinski definition) is 3. The van der Waals surface area contributed by atoms with Crippen molar-refractivity contribution >= 4 is 17.1 Å². The zero-order chi connectivity index (χ0) is 9.26. The number of allylic oxidation sites excluding steroid dienone is 1. The van der Waals surface area contributed by atoms with E-state index in [1.165, 1.54) is 0 Å². The Morgan fingerprint density at radius 3 is 2.92 bits per heavy atom. The van der Waals surface area contributed by atoms with Crippen LogP contribution >= 0.6 is 0 Å². The molecule has 2 aromatic rings. The number of rotatable bonds is 1. The van der Waals surface area contributed by atoms with Crippen LogP contribution < -0.4 is 0 Å². The predicted molar refractivity (Wildman–Crippen MR) is 51.0 cm³/mol. The van der Waals surface area contributed by atoms with Crippen LogP contribution in [0, 0.1) is 0 Å². The summed E-state index contributed by atoms with van der Waals surface area (Å²) in [7, 11) is 1.80. The molecule has 0 saturated carbocycles. The molecule has 0 unspecified atom stereocenters. The normalized spacial score (nSPS) is 11.5. The molecule has 0 fully saturated rings. The first-order valence-corrected chi connectivity index (χ1v) is 4.09. The maximum Gasteiger partial charge on any atom is 0.132 e. The third-order valence-electron chi connectivity index (χ3n) is 1.77. The first-order chi connectivity index (χ1) is 6.31. The molecule has 0 aliphatic heterocycles. The van der Waals surface area contributed by atoms with Crippen LogP contribution in [0.25, 0.3) is 17.1 Å². The van der Waals surface area contributed by atoms with Gasteiger partial charge in [-0.3, -0.25) is 4.98 Å². The van der Waals surface area contributed by atoms with Crippen LogP contribution in [0.2, 0.25) is 0 Å². The molecule has 4 heteroatoms. The van der Waals surface area contributed by atoms with E-state index in [4.69, 9.17) is 0 Å². The Morgan fingerprint density at radius 2 is 2.15 bits per heavy atom. The van der Waals surface area contributed by atoms with Crippen molar-refractivity contribution in [1.82, 2.24) is 20.0 Å². The van der Waals surface area contributed by atoms with E-state index in [2.05, 4.69) is 15.2 Å². The van der Waals surface area contributed by atoms with Crippen molar-refractivity contribution in [1.29, 1.82) is 0 Å². The van der Waals surface area contributed by atoms with Gasteiger partial charge in [-0.15, -0.1) is 0 Å². The van der Waals surface area contributed by atoms with Gasteiger partial charge >= 0.3 is 0 Å². The summed E-state index contributed by atoms with van der Waals surface area (Å²) < 4.78 is 0. The Morgan fingerprint density at radius 1 is 1.31 bits per heavy atom. The number of fused-ring (bicyclic) bond motifs is 1. The van der Waals surface area contributed by atoms with Crippen LogP contribution in [-0.2, 0) is 7.05 Å². The highest BCUT2D eigenvalue weighted by Gasteiger charge is 2.03. The molecule has 0 aliphatic carbocycles. The van der Waals surface area contributed by atoms with Crippen LogP contribution in [0.4, 0.5) is 0 Å². The van der Waals surface area contributed by atoms with Gasteiger partial charge in [0.05, 0.1) is 6.20 Å². The highest BCUT2D eigenvalue weighted by Crippen LogP contribution is 2.13. The van der Waals surface area contributed by atoms with E-state index in [1.807, 2.05) is 19.1 Å². The van der Waals surface area contributed by atoms with Gasteiger partial charge in [0.2, 0.25) is 0 Å². The van der Waals surface area contributed by atoms with Crippen molar-refractivity contribution in [2.75, 3.05) is 0 Å². The molecule has 0 atom stereocenters. The fourth-order valence-electron chi connectivity index (χ4n) is 1.27. The Labute approximate surface area is 75.9 Å². The van der Waals surface area contributed by atoms with Crippen molar-refractivity contribution < 1.29 is 0 Å². The zero-order valence-electron chi connectivity index (χ0n) is 7.60. The van der Waals surface area contributed by atoms with Crippen LogP contribution in [0.3, 0.4) is 0 Å². The van der Waals surface area contributed by atoms with Crippen molar-refractivity contribution in [3.8, 4) is 0 Å². The van der Waals surface area contributed by atoms with Gasteiger partial charge in [0.1, 0.15) is 11.0 Å². The number of pyridine rings is 1. The highest BCUT2D eigenvalue weighted by molar-refractivity contribution is 5.82. The molecule has 0 N–H and O–H groups in total. The Balaban J connectivity index is 2.74. The topological polar surface area (TPSA) is 43.6 Å². The number of aromatic nitrogens is 4. The summed E-state index contributed by atoms with van der Waals surface area (Å²) in [4.78, 5) is 5.63. The lowest BCUT2D eigenvalue weighted by molar-refractivity contribution is 0.665. The minimum Gasteiger partial charge on any atom is -0.262 e. The lowest BCUT2D eigenvalue weighted by Gasteiger charge is -1.90. The molecule has 0 aromatic carbocycles. The molecule has 0 spiro atoms. The summed E-state index contributed by atoms with van der Waals surface area (Å²) in [5.41, 5.74) is 2.74. The second-order valence-electron chi connectivity index (χ2n) is 2.79. The van der Waals surface area contributed by atoms with E-state index in [9.17, 15) is 0 Å². The third-order valence-corrected chi connectivity index (χ3v) is 1.77. The maximum absolute atomic E-state index is 4.25. The van der Waals surface area contributed by atoms with Gasteiger partial charge in [0, 0.05) is 18.8 Å². The summed E-state index contributed by atoms with van der Waals surface area (Å²) >= 11 is 0. The van der Waals surface area contributed by atoms with Crippen LogP contribution in [0.5, 0.6) is 0 Å². The Bertz CT molecular complexity index is 456. The summed E-state index contributed by atoms with van der Waals surface area (Å²) in [6.45, 7) is 1.97. The number of hydrogen-bond donors (Lipinski definition) is 0. The zero-order valence-corrected chi connectivity index (χ0v) is 7.60. The highest BCUT2D eigenvalue weighted by atomic mass is 15.4. The van der Waals surface area contributed by atoms with Crippen molar-refractivity contribution in [2.24, 2.45) is 7.05 Å². The van der Waals surface area contributed by atoms with Gasteiger partial charge in [-0.1, -0.05) is 12.2 Å². The number of nitrogens with zero attached hydrogens (tertiary/aromatic N) is 4. The van der Waals surface area contributed by atoms with Crippen molar-refractivity contribution in [3.63, 3.8) is 0 Å². The lowest BCUT2D eigenvalue weighted by atomic mass is 10.2. The van der Waals surface area contributed by atoms with Gasteiger partial charge in [-0.25, -0.2) is 0 Å². The number of aryl methyl sites for hydroxylation is 1. The van der Waals surface area contributed by atoms with Gasteiger partial charge in [-0.05, 0) is 6.92 Å². The Kier molecular flexibility index (Phi) is 1.81.